The van der Waals surface area contributed by atoms with Gasteiger partial charge in [-0.15, -0.1) is 0 Å². The SMILES string of the molecule is COc1ccccc1OCC(=O)Nc1cccc(NC(=O)C2CCCN(Cc3cccc(F)c3)C2)c1. The van der Waals surface area contributed by atoms with Gasteiger partial charge in [0.2, 0.25) is 5.91 Å². The topological polar surface area (TPSA) is 79.9 Å². The van der Waals surface area contributed by atoms with E-state index in [4.69, 9.17) is 9.47 Å². The minimum atomic E-state index is -0.329. The Bertz CT molecular complexity index is 1200. The maximum absolute atomic E-state index is 13.5. The Balaban J connectivity index is 1.29. The minimum Gasteiger partial charge on any atom is -0.493 e. The van der Waals surface area contributed by atoms with Gasteiger partial charge in [0.15, 0.2) is 18.1 Å². The Kier molecular flexibility index (Phi) is 8.52. The molecule has 0 bridgehead atoms. The summed E-state index contributed by atoms with van der Waals surface area (Å²) in [5.41, 5.74) is 2.05. The summed E-state index contributed by atoms with van der Waals surface area (Å²) in [4.78, 5) is 27.5. The molecule has 0 saturated carbocycles. The maximum atomic E-state index is 13.5. The monoisotopic (exact) mass is 491 g/mol. The molecular weight excluding hydrogens is 461 g/mol. The summed E-state index contributed by atoms with van der Waals surface area (Å²) in [5.74, 6) is 0.214. The molecule has 4 rings (SSSR count). The van der Waals surface area contributed by atoms with Crippen LogP contribution in [0.25, 0.3) is 0 Å². The largest absolute Gasteiger partial charge is 0.493 e. The lowest BCUT2D eigenvalue weighted by atomic mass is 9.96. The fraction of sp³-hybridized carbons (Fsp3) is 0.286. The molecule has 1 atom stereocenters. The van der Waals surface area contributed by atoms with Gasteiger partial charge in [-0.05, 0) is 67.4 Å². The number of rotatable bonds is 9. The number of amides is 2. The summed E-state index contributed by atoms with van der Waals surface area (Å²) in [6.07, 6.45) is 1.69. The molecule has 36 heavy (non-hydrogen) atoms. The van der Waals surface area contributed by atoms with E-state index in [-0.39, 0.29) is 30.2 Å². The second kappa shape index (κ2) is 12.2. The number of ether oxygens (including phenoxy) is 2. The van der Waals surface area contributed by atoms with E-state index >= 15 is 0 Å². The maximum Gasteiger partial charge on any atom is 0.262 e. The molecule has 3 aromatic carbocycles. The average Bonchev–Trinajstić information content (AvgIpc) is 2.88. The molecule has 1 saturated heterocycles. The molecule has 1 heterocycles. The average molecular weight is 492 g/mol. The van der Waals surface area contributed by atoms with Gasteiger partial charge in [0.25, 0.3) is 5.91 Å². The Morgan fingerprint density at radius 1 is 0.972 bits per heavy atom. The van der Waals surface area contributed by atoms with E-state index < -0.39 is 0 Å². The third kappa shape index (κ3) is 7.05. The van der Waals surface area contributed by atoms with Crippen LogP contribution in [0.2, 0.25) is 0 Å². The highest BCUT2D eigenvalue weighted by Gasteiger charge is 2.26. The summed E-state index contributed by atoms with van der Waals surface area (Å²) in [7, 11) is 1.54. The van der Waals surface area contributed by atoms with Gasteiger partial charge in [0.1, 0.15) is 5.82 Å². The van der Waals surface area contributed by atoms with Crippen molar-refractivity contribution >= 4 is 23.2 Å². The van der Waals surface area contributed by atoms with Crippen LogP contribution in [0.1, 0.15) is 18.4 Å². The number of piperidine rings is 1. The van der Waals surface area contributed by atoms with E-state index in [2.05, 4.69) is 15.5 Å². The van der Waals surface area contributed by atoms with E-state index in [0.717, 1.165) is 24.9 Å². The van der Waals surface area contributed by atoms with Crippen molar-refractivity contribution in [2.75, 3.05) is 37.4 Å². The number of methoxy groups -OCH3 is 1. The van der Waals surface area contributed by atoms with Crippen molar-refractivity contribution in [2.24, 2.45) is 5.92 Å². The lowest BCUT2D eigenvalue weighted by Gasteiger charge is -2.32. The third-order valence-corrected chi connectivity index (χ3v) is 6.01. The van der Waals surface area contributed by atoms with Gasteiger partial charge in [-0.2, -0.15) is 0 Å². The van der Waals surface area contributed by atoms with Crippen molar-refractivity contribution in [3.8, 4) is 11.5 Å². The van der Waals surface area contributed by atoms with Crippen molar-refractivity contribution in [1.82, 2.24) is 4.90 Å². The van der Waals surface area contributed by atoms with Crippen molar-refractivity contribution < 1.29 is 23.5 Å². The second-order valence-electron chi connectivity index (χ2n) is 8.76. The van der Waals surface area contributed by atoms with Crippen molar-refractivity contribution in [1.29, 1.82) is 0 Å². The summed E-state index contributed by atoms with van der Waals surface area (Å²) < 4.78 is 24.3. The zero-order chi connectivity index (χ0) is 25.3. The number of hydrogen-bond acceptors (Lipinski definition) is 5. The van der Waals surface area contributed by atoms with Crippen LogP contribution in [0, 0.1) is 11.7 Å². The summed E-state index contributed by atoms with van der Waals surface area (Å²) in [5, 5.41) is 5.75. The Morgan fingerprint density at radius 3 is 2.50 bits per heavy atom. The van der Waals surface area contributed by atoms with Gasteiger partial charge in [-0.1, -0.05) is 30.3 Å². The third-order valence-electron chi connectivity index (χ3n) is 6.01. The van der Waals surface area contributed by atoms with Gasteiger partial charge in [0.05, 0.1) is 13.0 Å². The fourth-order valence-electron chi connectivity index (χ4n) is 4.30. The van der Waals surface area contributed by atoms with Crippen LogP contribution >= 0.6 is 0 Å². The number of anilines is 2. The standard InChI is InChI=1S/C28H30FN3O4/c1-35-25-12-2-3-13-26(25)36-19-27(33)30-23-10-5-11-24(16-23)31-28(34)21-8-6-14-32(18-21)17-20-7-4-9-22(29)15-20/h2-5,7,9-13,15-16,21H,6,8,14,17-19H2,1H3,(H,30,33)(H,31,34). The molecule has 1 aliphatic heterocycles. The summed E-state index contributed by atoms with van der Waals surface area (Å²) >= 11 is 0. The molecule has 1 aliphatic rings. The molecule has 188 valence electrons. The number of carbonyl (C=O) groups is 2. The first-order valence-electron chi connectivity index (χ1n) is 11.9. The van der Waals surface area contributed by atoms with Gasteiger partial charge in [-0.25, -0.2) is 4.39 Å². The van der Waals surface area contributed by atoms with Gasteiger partial charge in [0, 0.05) is 24.5 Å². The number of nitrogens with one attached hydrogen (secondary N) is 2. The Labute approximate surface area is 210 Å². The number of halogens is 1. The summed E-state index contributed by atoms with van der Waals surface area (Å²) in [6.45, 7) is 1.91. The Hall–Kier alpha value is -3.91. The van der Waals surface area contributed by atoms with Crippen LogP contribution in [0.15, 0.2) is 72.8 Å². The quantitative estimate of drug-likeness (QED) is 0.454. The van der Waals surface area contributed by atoms with Crippen molar-refractivity contribution in [3.05, 3.63) is 84.2 Å². The number of carbonyl (C=O) groups excluding carboxylic acids is 2. The number of para-hydroxylation sites is 2. The minimum absolute atomic E-state index is 0.0677. The Morgan fingerprint density at radius 2 is 1.72 bits per heavy atom. The molecule has 0 aliphatic carbocycles. The molecular formula is C28H30FN3O4. The van der Waals surface area contributed by atoms with Crippen LogP contribution in [0.5, 0.6) is 11.5 Å². The molecule has 2 N–H and O–H groups in total. The first kappa shape index (κ1) is 25.2. The predicted octanol–water partition coefficient (Wildman–Crippen LogP) is 4.70. The number of nitrogens with zero attached hydrogens (tertiary/aromatic N) is 1. The van der Waals surface area contributed by atoms with Gasteiger partial charge >= 0.3 is 0 Å². The number of hydrogen-bond donors (Lipinski definition) is 2. The number of likely N-dealkylation sites (tertiary alicyclic amines) is 1. The van der Waals surface area contributed by atoms with Crippen molar-refractivity contribution in [3.63, 3.8) is 0 Å². The van der Waals surface area contributed by atoms with Crippen LogP contribution < -0.4 is 20.1 Å². The van der Waals surface area contributed by atoms with E-state index in [1.165, 1.54) is 19.2 Å². The normalized spacial score (nSPS) is 15.7. The molecule has 0 radical (unpaired) electrons. The molecule has 2 amide bonds. The first-order chi connectivity index (χ1) is 17.5. The zero-order valence-electron chi connectivity index (χ0n) is 20.2. The van der Waals surface area contributed by atoms with Crippen LogP contribution in [-0.4, -0.2) is 43.5 Å². The van der Waals surface area contributed by atoms with Crippen LogP contribution in [0.3, 0.4) is 0 Å². The highest BCUT2D eigenvalue weighted by molar-refractivity contribution is 5.95. The molecule has 0 aromatic heterocycles. The predicted molar refractivity (Wildman–Crippen MR) is 137 cm³/mol. The molecule has 0 spiro atoms. The fourth-order valence-corrected chi connectivity index (χ4v) is 4.30. The van der Waals surface area contributed by atoms with E-state index in [0.29, 0.717) is 36.0 Å². The van der Waals surface area contributed by atoms with Gasteiger partial charge < -0.3 is 20.1 Å². The molecule has 1 unspecified atom stereocenters. The molecule has 7 nitrogen and oxygen atoms in total. The second-order valence-corrected chi connectivity index (χ2v) is 8.76. The molecule has 8 heteroatoms. The van der Waals surface area contributed by atoms with Gasteiger partial charge in [-0.3, -0.25) is 14.5 Å². The lowest BCUT2D eigenvalue weighted by molar-refractivity contribution is -0.121. The van der Waals surface area contributed by atoms with Crippen LogP contribution in [0.4, 0.5) is 15.8 Å². The first-order valence-corrected chi connectivity index (χ1v) is 11.9. The van der Waals surface area contributed by atoms with E-state index in [1.54, 1.807) is 48.5 Å². The molecule has 1 fully saturated rings. The van der Waals surface area contributed by atoms with Crippen LogP contribution in [-0.2, 0) is 16.1 Å². The van der Waals surface area contributed by atoms with Crippen molar-refractivity contribution in [2.45, 2.75) is 19.4 Å². The summed E-state index contributed by atoms with van der Waals surface area (Å²) in [6, 6.07) is 20.7. The van der Waals surface area contributed by atoms with E-state index in [1.807, 2.05) is 12.1 Å². The molecule has 3 aromatic rings. The smallest absolute Gasteiger partial charge is 0.262 e. The highest BCUT2D eigenvalue weighted by atomic mass is 19.1. The zero-order valence-corrected chi connectivity index (χ0v) is 20.2. The lowest BCUT2D eigenvalue weighted by Crippen LogP contribution is -2.40. The van der Waals surface area contributed by atoms with E-state index in [9.17, 15) is 14.0 Å². The number of benzene rings is 3. The highest BCUT2D eigenvalue weighted by Crippen LogP contribution is 2.26.